The van der Waals surface area contributed by atoms with Crippen molar-refractivity contribution in [2.24, 2.45) is 0 Å². The summed E-state index contributed by atoms with van der Waals surface area (Å²) in [7, 11) is 1.19. The number of carbonyl (C=O) groups is 4. The van der Waals surface area contributed by atoms with Crippen LogP contribution < -0.4 is 15.4 Å². The number of esters is 1. The van der Waals surface area contributed by atoms with Crippen molar-refractivity contribution in [2.75, 3.05) is 18.2 Å². The van der Waals surface area contributed by atoms with Crippen LogP contribution >= 0.6 is 11.8 Å². The number of ether oxygens (including phenoxy) is 2. The average Bonchev–Trinajstić information content (AvgIpc) is 2.51. The molecule has 0 aliphatic rings. The lowest BCUT2D eigenvalue weighted by molar-refractivity contribution is -0.144. The van der Waals surface area contributed by atoms with Gasteiger partial charge in [0.25, 0.3) is 0 Å². The molecule has 1 aromatic carbocycles. The number of hydrogen-bond donors (Lipinski definition) is 2. The Kier molecular flexibility index (Phi) is 7.76. The smallest absolute Gasteiger partial charge is 0.372 e. The second-order valence-corrected chi connectivity index (χ2v) is 5.60. The summed E-state index contributed by atoms with van der Waals surface area (Å²) in [5.41, 5.74) is 0.575. The molecule has 9 heteroatoms. The van der Waals surface area contributed by atoms with Crippen LogP contribution in [0.25, 0.3) is 0 Å². The minimum absolute atomic E-state index is 0.0188. The summed E-state index contributed by atoms with van der Waals surface area (Å²) < 4.78 is 9.64. The monoisotopic (exact) mass is 354 g/mol. The van der Waals surface area contributed by atoms with Gasteiger partial charge >= 0.3 is 11.3 Å². The van der Waals surface area contributed by atoms with Crippen molar-refractivity contribution in [3.05, 3.63) is 24.3 Å². The number of benzene rings is 1. The lowest BCUT2D eigenvalue weighted by Gasteiger charge is -2.14. The van der Waals surface area contributed by atoms with E-state index in [0.717, 1.165) is 11.8 Å². The number of hydrogen-bond acceptors (Lipinski definition) is 7. The van der Waals surface area contributed by atoms with Crippen LogP contribution in [-0.4, -0.2) is 42.0 Å². The fourth-order valence-electron chi connectivity index (χ4n) is 1.64. The molecule has 130 valence electrons. The Morgan fingerprint density at radius 3 is 2.21 bits per heavy atom. The van der Waals surface area contributed by atoms with Crippen LogP contribution in [0.2, 0.25) is 0 Å². The van der Waals surface area contributed by atoms with Crippen LogP contribution in [0.3, 0.4) is 0 Å². The van der Waals surface area contributed by atoms with Crippen LogP contribution in [0.4, 0.5) is 10.5 Å². The molecule has 0 radical (unpaired) electrons. The van der Waals surface area contributed by atoms with Gasteiger partial charge in [-0.05, 0) is 36.0 Å². The van der Waals surface area contributed by atoms with Gasteiger partial charge in [-0.25, -0.2) is 9.59 Å². The molecule has 0 fully saturated rings. The molecule has 0 aliphatic carbocycles. The van der Waals surface area contributed by atoms with Gasteiger partial charge in [-0.15, -0.1) is 0 Å². The molecule has 1 rings (SSSR count). The maximum atomic E-state index is 11.8. The molecule has 0 bridgehead atoms. The Morgan fingerprint density at radius 1 is 1.08 bits per heavy atom. The molecule has 2 N–H and O–H groups in total. The predicted molar refractivity (Wildman–Crippen MR) is 88.8 cm³/mol. The summed E-state index contributed by atoms with van der Waals surface area (Å²) >= 11 is 0.733. The topological polar surface area (TPSA) is 111 Å². The second-order valence-electron chi connectivity index (χ2n) is 4.64. The van der Waals surface area contributed by atoms with Gasteiger partial charge in [0.1, 0.15) is 11.8 Å². The van der Waals surface area contributed by atoms with Gasteiger partial charge < -0.3 is 20.1 Å². The SMILES string of the molecule is COC(=O)C(CSC(=O)Oc1ccc(NC(C)=O)cc1)NC(C)=O. The number of methoxy groups -OCH3 is 1. The van der Waals surface area contributed by atoms with Crippen LogP contribution in [0, 0.1) is 0 Å². The predicted octanol–water partition coefficient (Wildman–Crippen LogP) is 1.55. The van der Waals surface area contributed by atoms with Gasteiger partial charge in [-0.3, -0.25) is 9.59 Å². The Balaban J connectivity index is 2.53. The second kappa shape index (κ2) is 9.56. The van der Waals surface area contributed by atoms with Gasteiger partial charge in [0.2, 0.25) is 11.8 Å². The van der Waals surface area contributed by atoms with Gasteiger partial charge in [0.05, 0.1) is 7.11 Å². The van der Waals surface area contributed by atoms with Gasteiger partial charge in [0.15, 0.2) is 0 Å². The molecule has 1 atom stereocenters. The lowest BCUT2D eigenvalue weighted by atomic mass is 10.3. The zero-order chi connectivity index (χ0) is 18.1. The van der Waals surface area contributed by atoms with E-state index in [0.29, 0.717) is 5.69 Å². The molecule has 0 heterocycles. The highest BCUT2D eigenvalue weighted by molar-refractivity contribution is 8.13. The van der Waals surface area contributed by atoms with E-state index in [1.807, 2.05) is 0 Å². The molecular formula is C15H18N2O6S. The Hall–Kier alpha value is -2.55. The molecule has 0 saturated heterocycles. The molecule has 0 saturated carbocycles. The van der Waals surface area contributed by atoms with Gasteiger partial charge in [-0.2, -0.15) is 0 Å². The highest BCUT2D eigenvalue weighted by atomic mass is 32.2. The van der Waals surface area contributed by atoms with E-state index in [2.05, 4.69) is 15.4 Å². The summed E-state index contributed by atoms with van der Waals surface area (Å²) in [5.74, 6) is -0.995. The number of rotatable bonds is 6. The minimum atomic E-state index is -0.938. The maximum Gasteiger partial charge on any atom is 0.372 e. The fraction of sp³-hybridized carbons (Fsp3) is 0.333. The normalized spacial score (nSPS) is 11.1. The van der Waals surface area contributed by atoms with E-state index >= 15 is 0 Å². The van der Waals surface area contributed by atoms with Crippen molar-refractivity contribution < 1.29 is 28.7 Å². The number of thioether (sulfide) groups is 1. The fourth-order valence-corrected chi connectivity index (χ4v) is 2.32. The Bertz CT molecular complexity index is 617. The first-order chi connectivity index (χ1) is 11.3. The maximum absolute atomic E-state index is 11.8. The van der Waals surface area contributed by atoms with Crippen molar-refractivity contribution in [3.8, 4) is 5.75 Å². The molecule has 2 amide bonds. The number of anilines is 1. The quantitative estimate of drug-likeness (QED) is 0.746. The van der Waals surface area contributed by atoms with Crippen LogP contribution in [0.15, 0.2) is 24.3 Å². The summed E-state index contributed by atoms with van der Waals surface area (Å²) in [4.78, 5) is 45.2. The van der Waals surface area contributed by atoms with E-state index in [1.54, 1.807) is 12.1 Å². The standard InChI is InChI=1S/C15H18N2O6S/c1-9(18)16-11-4-6-12(7-5-11)23-15(21)24-8-13(14(20)22-3)17-10(2)19/h4-7,13H,8H2,1-3H3,(H,16,18)(H,17,19). The van der Waals surface area contributed by atoms with E-state index in [9.17, 15) is 19.2 Å². The summed E-state index contributed by atoms with van der Waals surface area (Å²) in [6.45, 7) is 2.65. The molecule has 0 aromatic heterocycles. The molecule has 0 spiro atoms. The third-order valence-corrected chi connectivity index (χ3v) is 3.43. The van der Waals surface area contributed by atoms with Crippen molar-refractivity contribution in [1.82, 2.24) is 5.32 Å². The van der Waals surface area contributed by atoms with Crippen molar-refractivity contribution in [1.29, 1.82) is 0 Å². The molecule has 24 heavy (non-hydrogen) atoms. The Labute approximate surface area is 143 Å². The van der Waals surface area contributed by atoms with Crippen LogP contribution in [0.1, 0.15) is 13.8 Å². The first kappa shape index (κ1) is 19.5. The van der Waals surface area contributed by atoms with Crippen LogP contribution in [0.5, 0.6) is 5.75 Å². The highest BCUT2D eigenvalue weighted by Gasteiger charge is 2.22. The molecule has 1 aromatic rings. The summed E-state index contributed by atoms with van der Waals surface area (Å²) in [6, 6.07) is 5.28. The van der Waals surface area contributed by atoms with E-state index in [-0.39, 0.29) is 17.4 Å². The molecule has 1 unspecified atom stereocenters. The number of nitrogens with one attached hydrogen (secondary N) is 2. The first-order valence-electron chi connectivity index (χ1n) is 6.89. The number of amides is 2. The zero-order valence-electron chi connectivity index (χ0n) is 13.5. The van der Waals surface area contributed by atoms with E-state index in [4.69, 9.17) is 4.74 Å². The van der Waals surface area contributed by atoms with Crippen LogP contribution in [-0.2, 0) is 19.1 Å². The molecule has 8 nitrogen and oxygen atoms in total. The van der Waals surface area contributed by atoms with Crippen molar-refractivity contribution in [3.63, 3.8) is 0 Å². The first-order valence-corrected chi connectivity index (χ1v) is 7.87. The third kappa shape index (κ3) is 7.14. The zero-order valence-corrected chi connectivity index (χ0v) is 14.3. The third-order valence-electron chi connectivity index (χ3n) is 2.61. The van der Waals surface area contributed by atoms with Crippen molar-refractivity contribution in [2.45, 2.75) is 19.9 Å². The lowest BCUT2D eigenvalue weighted by Crippen LogP contribution is -2.42. The van der Waals surface area contributed by atoms with E-state index in [1.165, 1.54) is 33.1 Å². The summed E-state index contributed by atoms with van der Waals surface area (Å²) in [5, 5.41) is 4.34. The van der Waals surface area contributed by atoms with E-state index < -0.39 is 23.2 Å². The number of carbonyl (C=O) groups excluding carboxylic acids is 4. The molecular weight excluding hydrogens is 336 g/mol. The minimum Gasteiger partial charge on any atom is -0.467 e. The summed E-state index contributed by atoms with van der Waals surface area (Å²) in [6.07, 6.45) is 0. The highest BCUT2D eigenvalue weighted by Crippen LogP contribution is 2.18. The average molecular weight is 354 g/mol. The van der Waals surface area contributed by atoms with Gasteiger partial charge in [0, 0.05) is 25.3 Å². The van der Waals surface area contributed by atoms with Gasteiger partial charge in [-0.1, -0.05) is 0 Å². The molecule has 0 aliphatic heterocycles. The Morgan fingerprint density at radius 2 is 1.71 bits per heavy atom. The van der Waals surface area contributed by atoms with Crippen molar-refractivity contribution >= 4 is 40.5 Å². The largest absolute Gasteiger partial charge is 0.467 e.